The summed E-state index contributed by atoms with van der Waals surface area (Å²) in [5.41, 5.74) is 4.03. The van der Waals surface area contributed by atoms with Crippen LogP contribution in [0.4, 0.5) is 0 Å². The summed E-state index contributed by atoms with van der Waals surface area (Å²) in [6, 6.07) is 11.4. The van der Waals surface area contributed by atoms with Crippen molar-refractivity contribution in [1.82, 2.24) is 24.5 Å². The molecular weight excluding hydrogens is 362 g/mol. The van der Waals surface area contributed by atoms with Crippen LogP contribution in [0.1, 0.15) is 26.1 Å². The fourth-order valence-electron chi connectivity index (χ4n) is 3.86. The molecule has 3 aromatic heterocycles. The third-order valence-electron chi connectivity index (χ3n) is 5.52. The van der Waals surface area contributed by atoms with Gasteiger partial charge in [0, 0.05) is 24.7 Å². The number of fused-ring (bicyclic) bond motifs is 2. The number of aromatic nitrogens is 5. The monoisotopic (exact) mass is 383 g/mol. The molecule has 0 spiro atoms. The first kappa shape index (κ1) is 17.7. The van der Waals surface area contributed by atoms with Crippen LogP contribution in [0.3, 0.4) is 0 Å². The normalized spacial score (nSPS) is 15.2. The van der Waals surface area contributed by atoms with Crippen molar-refractivity contribution in [2.24, 2.45) is 5.41 Å². The van der Waals surface area contributed by atoms with Crippen LogP contribution in [0.2, 0.25) is 0 Å². The maximum Gasteiger partial charge on any atom is 0.261 e. The van der Waals surface area contributed by atoms with Crippen LogP contribution in [0.25, 0.3) is 33.5 Å². The van der Waals surface area contributed by atoms with E-state index in [9.17, 15) is 4.79 Å². The molecule has 0 atom stereocenters. The Balaban J connectivity index is 1.54. The average Bonchev–Trinajstić information content (AvgIpc) is 2.75. The highest BCUT2D eigenvalue weighted by atomic mass is 16.1. The van der Waals surface area contributed by atoms with Crippen molar-refractivity contribution in [3.8, 4) is 22.6 Å². The molecule has 6 heteroatoms. The van der Waals surface area contributed by atoms with Gasteiger partial charge in [-0.2, -0.15) is 0 Å². The molecule has 1 aliphatic heterocycles. The van der Waals surface area contributed by atoms with E-state index in [0.717, 1.165) is 41.3 Å². The highest BCUT2D eigenvalue weighted by Gasteiger charge is 2.27. The van der Waals surface area contributed by atoms with Crippen molar-refractivity contribution >= 4 is 10.9 Å². The van der Waals surface area contributed by atoms with Gasteiger partial charge in [-0.15, -0.1) is 0 Å². The van der Waals surface area contributed by atoms with Gasteiger partial charge in [-0.05, 0) is 36.1 Å². The Hall–Kier alpha value is -3.41. The molecule has 0 saturated heterocycles. The van der Waals surface area contributed by atoms with E-state index in [-0.39, 0.29) is 11.0 Å². The zero-order valence-electron chi connectivity index (χ0n) is 16.5. The van der Waals surface area contributed by atoms with Gasteiger partial charge in [0.1, 0.15) is 11.5 Å². The Bertz CT molecular complexity index is 1260. The maximum atomic E-state index is 13.0. The fraction of sp³-hybridized carbons (Fsp3) is 0.261. The van der Waals surface area contributed by atoms with Crippen LogP contribution in [-0.4, -0.2) is 24.5 Å². The minimum atomic E-state index is 0.0425. The lowest BCUT2D eigenvalue weighted by atomic mass is 9.85. The molecular formula is C23H21N5O. The van der Waals surface area contributed by atoms with Crippen molar-refractivity contribution in [2.45, 2.75) is 33.2 Å². The lowest BCUT2D eigenvalue weighted by molar-refractivity contribution is 0.240. The molecule has 0 radical (unpaired) electrons. The molecule has 0 aliphatic carbocycles. The Labute approximate surface area is 168 Å². The number of hydrogen-bond donors (Lipinski definition) is 0. The van der Waals surface area contributed by atoms with Gasteiger partial charge in [-0.25, -0.2) is 4.98 Å². The lowest BCUT2D eigenvalue weighted by Gasteiger charge is -2.31. The van der Waals surface area contributed by atoms with E-state index in [1.165, 1.54) is 0 Å². The third kappa shape index (κ3) is 3.20. The summed E-state index contributed by atoms with van der Waals surface area (Å²) in [6.45, 7) is 5.11. The first-order chi connectivity index (χ1) is 14.0. The second-order valence-electron chi connectivity index (χ2n) is 8.32. The van der Waals surface area contributed by atoms with Gasteiger partial charge in [-0.3, -0.25) is 24.3 Å². The number of rotatable bonds is 2. The van der Waals surface area contributed by atoms with E-state index >= 15 is 0 Å². The second kappa shape index (κ2) is 6.58. The summed E-state index contributed by atoms with van der Waals surface area (Å²) in [6.07, 6.45) is 7.05. The highest BCUT2D eigenvalue weighted by Crippen LogP contribution is 2.30. The quantitative estimate of drug-likeness (QED) is 0.525. The molecule has 0 saturated carbocycles. The first-order valence-corrected chi connectivity index (χ1v) is 9.77. The van der Waals surface area contributed by atoms with E-state index in [1.54, 1.807) is 18.6 Å². The van der Waals surface area contributed by atoms with Gasteiger partial charge in [-0.1, -0.05) is 26.0 Å². The molecule has 1 aliphatic rings. The zero-order chi connectivity index (χ0) is 20.0. The number of pyridine rings is 1. The van der Waals surface area contributed by atoms with Gasteiger partial charge < -0.3 is 0 Å². The van der Waals surface area contributed by atoms with Crippen molar-refractivity contribution in [3.05, 3.63) is 71.2 Å². The standard InChI is InChI=1S/C23H21N5O/c1-23(2)9-8-21-27-18-11-15(6-7-16(18)22(29)28(21)14-23)19-12-26-20(13-25-19)17-5-3-4-10-24-17/h3-7,10-13H,8-9,14H2,1-2H3. The van der Waals surface area contributed by atoms with Crippen molar-refractivity contribution in [3.63, 3.8) is 0 Å². The van der Waals surface area contributed by atoms with Crippen LogP contribution in [0.5, 0.6) is 0 Å². The topological polar surface area (TPSA) is 73.6 Å². The molecule has 29 heavy (non-hydrogen) atoms. The van der Waals surface area contributed by atoms with Crippen LogP contribution < -0.4 is 5.56 Å². The molecule has 5 rings (SSSR count). The smallest absolute Gasteiger partial charge is 0.261 e. The Morgan fingerprint density at radius 3 is 2.55 bits per heavy atom. The lowest BCUT2D eigenvalue weighted by Crippen LogP contribution is -2.36. The van der Waals surface area contributed by atoms with E-state index in [2.05, 4.69) is 28.8 Å². The summed E-state index contributed by atoms with van der Waals surface area (Å²) < 4.78 is 1.84. The third-order valence-corrected chi connectivity index (χ3v) is 5.52. The van der Waals surface area contributed by atoms with E-state index < -0.39 is 0 Å². The SMILES string of the molecule is CC1(C)CCc2nc3cc(-c4cnc(-c5ccccn5)cn4)ccc3c(=O)n2C1. The van der Waals surface area contributed by atoms with Crippen LogP contribution in [0, 0.1) is 5.41 Å². The van der Waals surface area contributed by atoms with Crippen molar-refractivity contribution < 1.29 is 0 Å². The van der Waals surface area contributed by atoms with Crippen LogP contribution in [0.15, 0.2) is 59.8 Å². The summed E-state index contributed by atoms with van der Waals surface area (Å²) in [5.74, 6) is 0.871. The van der Waals surface area contributed by atoms with Gasteiger partial charge in [0.15, 0.2) is 0 Å². The minimum absolute atomic E-state index is 0.0425. The van der Waals surface area contributed by atoms with Crippen LogP contribution >= 0.6 is 0 Å². The number of aryl methyl sites for hydroxylation is 1. The predicted octanol–water partition coefficient (Wildman–Crippen LogP) is 3.89. The molecule has 6 nitrogen and oxygen atoms in total. The van der Waals surface area contributed by atoms with Gasteiger partial charge in [0.05, 0.1) is 34.7 Å². The van der Waals surface area contributed by atoms with E-state index in [4.69, 9.17) is 4.98 Å². The molecule has 4 aromatic rings. The molecule has 0 N–H and O–H groups in total. The Morgan fingerprint density at radius 1 is 0.966 bits per heavy atom. The Morgan fingerprint density at radius 2 is 1.79 bits per heavy atom. The number of benzene rings is 1. The van der Waals surface area contributed by atoms with Gasteiger partial charge in [0.25, 0.3) is 5.56 Å². The van der Waals surface area contributed by atoms with Crippen molar-refractivity contribution in [1.29, 1.82) is 0 Å². The van der Waals surface area contributed by atoms with Gasteiger partial charge >= 0.3 is 0 Å². The summed E-state index contributed by atoms with van der Waals surface area (Å²) in [7, 11) is 0. The molecule has 1 aromatic carbocycles. The summed E-state index contributed by atoms with van der Waals surface area (Å²) >= 11 is 0. The summed E-state index contributed by atoms with van der Waals surface area (Å²) in [4.78, 5) is 31.1. The molecule has 144 valence electrons. The highest BCUT2D eigenvalue weighted by molar-refractivity contribution is 5.83. The number of hydrogen-bond acceptors (Lipinski definition) is 5. The zero-order valence-corrected chi connectivity index (χ0v) is 16.5. The van der Waals surface area contributed by atoms with E-state index in [1.807, 2.05) is 41.0 Å². The van der Waals surface area contributed by atoms with Gasteiger partial charge in [0.2, 0.25) is 0 Å². The van der Waals surface area contributed by atoms with Crippen molar-refractivity contribution in [2.75, 3.05) is 0 Å². The minimum Gasteiger partial charge on any atom is -0.296 e. The van der Waals surface area contributed by atoms with Crippen LogP contribution in [-0.2, 0) is 13.0 Å². The second-order valence-corrected chi connectivity index (χ2v) is 8.32. The average molecular weight is 383 g/mol. The predicted molar refractivity (Wildman–Crippen MR) is 112 cm³/mol. The molecule has 0 unspecified atom stereocenters. The fourth-order valence-corrected chi connectivity index (χ4v) is 3.86. The Kier molecular flexibility index (Phi) is 4.01. The maximum absolute atomic E-state index is 13.0. The first-order valence-electron chi connectivity index (χ1n) is 9.77. The molecule has 4 heterocycles. The molecule has 0 fully saturated rings. The molecule has 0 bridgehead atoms. The largest absolute Gasteiger partial charge is 0.296 e. The number of nitrogens with zero attached hydrogens (tertiary/aromatic N) is 5. The molecule has 0 amide bonds. The summed E-state index contributed by atoms with van der Waals surface area (Å²) in [5, 5.41) is 0.647. The van der Waals surface area contributed by atoms with E-state index in [0.29, 0.717) is 17.4 Å².